The molecule has 0 aliphatic rings. The summed E-state index contributed by atoms with van der Waals surface area (Å²) in [5, 5.41) is 11.2. The highest BCUT2D eigenvalue weighted by atomic mass is 16.6. The zero-order chi connectivity index (χ0) is 38.7. The number of carbonyl (C=O) groups excluding carboxylic acids is 2. The third-order valence-corrected chi connectivity index (χ3v) is 6.25. The minimum atomic E-state index is -0.986. The van der Waals surface area contributed by atoms with Crippen LogP contribution in [0, 0.1) is 0 Å². The molecule has 0 heterocycles. The smallest absolute Gasteiger partial charge is 0.333 e. The van der Waals surface area contributed by atoms with Crippen molar-refractivity contribution in [2.45, 2.75) is 26.2 Å². The first kappa shape index (κ1) is 50.7. The first-order valence-electron chi connectivity index (χ1n) is 18.2. The van der Waals surface area contributed by atoms with Crippen LogP contribution >= 0.6 is 0 Å². The summed E-state index contributed by atoms with van der Waals surface area (Å²) in [6.45, 7) is 16.7. The fourth-order valence-electron chi connectivity index (χ4n) is 3.55. The molecule has 0 aliphatic heterocycles. The molecule has 0 fully saturated rings. The lowest BCUT2D eigenvalue weighted by atomic mass is 10.3. The lowest BCUT2D eigenvalue weighted by Crippen LogP contribution is -2.25. The Hall–Kier alpha value is -2.33. The van der Waals surface area contributed by atoms with Gasteiger partial charge in [0.15, 0.2) is 0 Å². The Kier molecular flexibility index (Phi) is 40.5. The zero-order valence-electron chi connectivity index (χ0n) is 31.7. The second-order valence-corrected chi connectivity index (χ2v) is 10.9. The van der Waals surface area contributed by atoms with Crippen molar-refractivity contribution in [3.63, 3.8) is 0 Å². The Morgan fingerprint density at radius 2 is 0.698 bits per heavy atom. The van der Waals surface area contributed by atoms with Crippen LogP contribution in [0.15, 0.2) is 12.2 Å². The summed E-state index contributed by atoms with van der Waals surface area (Å²) in [5.41, 5.74) is 0.363. The van der Waals surface area contributed by atoms with E-state index in [0.29, 0.717) is 177 Å². The maximum Gasteiger partial charge on any atom is 0.333 e. The predicted octanol–water partition coefficient (Wildman–Crippen LogP) is 0.676. The predicted molar refractivity (Wildman–Crippen MR) is 190 cm³/mol. The number of carboxylic acids is 1. The number of nitrogens with one attached hydrogen (secondary N) is 1. The van der Waals surface area contributed by atoms with Crippen LogP contribution in [0.2, 0.25) is 0 Å². The fraction of sp³-hybridized carbons (Fsp3) is 0.857. The standard InChI is InChI=1S/C35H65NO17/c1-32(2)35(40)53-31-30-52-29-28-51-27-26-50-25-24-49-23-22-48-21-20-47-19-18-46-17-16-45-15-14-44-13-12-43-11-10-42-9-8-41-7-3-6-36-33(37)4-5-34(38)39/h1,3-31H2,2H3,(H,36,37)(H,38,39). The highest BCUT2D eigenvalue weighted by molar-refractivity contribution is 5.86. The van der Waals surface area contributed by atoms with Crippen molar-refractivity contribution in [3.05, 3.63) is 12.2 Å². The number of rotatable bonds is 44. The molecule has 18 heteroatoms. The van der Waals surface area contributed by atoms with Crippen LogP contribution in [-0.4, -0.2) is 195 Å². The monoisotopic (exact) mass is 771 g/mol. The third kappa shape index (κ3) is 44.0. The highest BCUT2D eigenvalue weighted by Gasteiger charge is 2.04. The highest BCUT2D eigenvalue weighted by Crippen LogP contribution is 1.93. The molecule has 0 unspecified atom stereocenters. The Bertz CT molecular complexity index is 851. The van der Waals surface area contributed by atoms with Crippen molar-refractivity contribution in [1.29, 1.82) is 0 Å². The number of carboxylic acid groups (broad SMARTS) is 1. The summed E-state index contributed by atoms with van der Waals surface area (Å²) in [6.07, 6.45) is 0.463. The van der Waals surface area contributed by atoms with Crippen molar-refractivity contribution in [1.82, 2.24) is 5.32 Å². The molecule has 0 saturated heterocycles. The molecule has 0 aliphatic carbocycles. The van der Waals surface area contributed by atoms with Crippen LogP contribution in [0.1, 0.15) is 26.2 Å². The maximum atomic E-state index is 11.4. The Balaban J connectivity index is 3.10. The Labute approximate surface area is 314 Å². The van der Waals surface area contributed by atoms with E-state index in [-0.39, 0.29) is 25.4 Å². The van der Waals surface area contributed by atoms with Crippen LogP contribution in [0.3, 0.4) is 0 Å². The topological polar surface area (TPSA) is 203 Å². The van der Waals surface area contributed by atoms with Gasteiger partial charge in [0.2, 0.25) is 5.91 Å². The lowest BCUT2D eigenvalue weighted by Gasteiger charge is -2.09. The zero-order valence-corrected chi connectivity index (χ0v) is 31.7. The molecule has 18 nitrogen and oxygen atoms in total. The van der Waals surface area contributed by atoms with E-state index in [0.717, 1.165) is 0 Å². The number of amides is 1. The molecule has 2 N–H and O–H groups in total. The number of esters is 1. The maximum absolute atomic E-state index is 11.4. The number of ether oxygens (including phenoxy) is 13. The van der Waals surface area contributed by atoms with E-state index in [1.165, 1.54) is 0 Å². The van der Waals surface area contributed by atoms with Crippen LogP contribution < -0.4 is 5.32 Å². The molecule has 0 aromatic rings. The average molecular weight is 772 g/mol. The molecule has 0 atom stereocenters. The van der Waals surface area contributed by atoms with Gasteiger partial charge in [0.25, 0.3) is 0 Å². The largest absolute Gasteiger partial charge is 0.481 e. The number of aliphatic carboxylic acids is 1. The second-order valence-electron chi connectivity index (χ2n) is 10.9. The number of hydrogen-bond acceptors (Lipinski definition) is 16. The van der Waals surface area contributed by atoms with Gasteiger partial charge in [0.05, 0.1) is 158 Å². The third-order valence-electron chi connectivity index (χ3n) is 6.25. The number of carbonyl (C=O) groups is 3. The summed E-state index contributed by atoms with van der Waals surface area (Å²) < 4.78 is 70.1. The summed E-state index contributed by atoms with van der Waals surface area (Å²) in [6, 6.07) is 0. The van der Waals surface area contributed by atoms with E-state index < -0.39 is 11.9 Å². The van der Waals surface area contributed by atoms with Crippen molar-refractivity contribution >= 4 is 17.8 Å². The Morgan fingerprint density at radius 3 is 0.962 bits per heavy atom. The van der Waals surface area contributed by atoms with E-state index in [1.54, 1.807) is 6.92 Å². The first-order valence-corrected chi connectivity index (χ1v) is 18.2. The van der Waals surface area contributed by atoms with Crippen LogP contribution in [-0.2, 0) is 76.0 Å². The fourth-order valence-corrected chi connectivity index (χ4v) is 3.55. The van der Waals surface area contributed by atoms with E-state index in [4.69, 9.17) is 66.7 Å². The normalized spacial score (nSPS) is 11.2. The van der Waals surface area contributed by atoms with Gasteiger partial charge in [-0.25, -0.2) is 4.79 Å². The molecule has 53 heavy (non-hydrogen) atoms. The van der Waals surface area contributed by atoms with E-state index in [2.05, 4.69) is 11.9 Å². The van der Waals surface area contributed by atoms with Gasteiger partial charge in [-0.05, 0) is 13.3 Å². The van der Waals surface area contributed by atoms with E-state index >= 15 is 0 Å². The second kappa shape index (κ2) is 42.4. The minimum absolute atomic E-state index is 0.0147. The van der Waals surface area contributed by atoms with Gasteiger partial charge in [-0.2, -0.15) is 0 Å². The van der Waals surface area contributed by atoms with Crippen LogP contribution in [0.4, 0.5) is 0 Å². The van der Waals surface area contributed by atoms with Gasteiger partial charge in [-0.3, -0.25) is 9.59 Å². The molecule has 0 radical (unpaired) electrons. The molecule has 0 aromatic carbocycles. The lowest BCUT2D eigenvalue weighted by molar-refractivity contribution is -0.140. The van der Waals surface area contributed by atoms with Gasteiger partial charge >= 0.3 is 11.9 Å². The van der Waals surface area contributed by atoms with Gasteiger partial charge < -0.3 is 72.0 Å². The first-order chi connectivity index (χ1) is 25.9. The molecular weight excluding hydrogens is 706 g/mol. The van der Waals surface area contributed by atoms with Crippen molar-refractivity contribution in [3.8, 4) is 0 Å². The molecule has 0 spiro atoms. The van der Waals surface area contributed by atoms with Crippen molar-refractivity contribution in [2.75, 3.05) is 172 Å². The molecule has 0 bridgehead atoms. The van der Waals surface area contributed by atoms with Crippen LogP contribution in [0.25, 0.3) is 0 Å². The molecule has 0 rings (SSSR count). The molecule has 0 saturated carbocycles. The average Bonchev–Trinajstić information content (AvgIpc) is 3.14. The summed E-state index contributed by atoms with van der Waals surface area (Å²) in [4.78, 5) is 33.0. The van der Waals surface area contributed by atoms with Crippen molar-refractivity contribution < 1.29 is 81.1 Å². The van der Waals surface area contributed by atoms with Crippen LogP contribution in [0.5, 0.6) is 0 Å². The SMILES string of the molecule is C=C(C)C(=O)OCCOCCOCCOCCOCCOCCOCCOCCOCCOCCOCCOCCOCCCNC(=O)CCC(=O)O. The van der Waals surface area contributed by atoms with E-state index in [9.17, 15) is 14.4 Å². The Morgan fingerprint density at radius 1 is 0.434 bits per heavy atom. The summed E-state index contributed by atoms with van der Waals surface area (Å²) in [5.74, 6) is -1.68. The minimum Gasteiger partial charge on any atom is -0.481 e. The molecule has 0 aromatic heterocycles. The van der Waals surface area contributed by atoms with Crippen molar-refractivity contribution in [2.24, 2.45) is 0 Å². The molecule has 312 valence electrons. The summed E-state index contributed by atoms with van der Waals surface area (Å²) >= 11 is 0. The molecule has 1 amide bonds. The quantitative estimate of drug-likeness (QED) is 0.0497. The molecular formula is C35H65NO17. The number of hydrogen-bond donors (Lipinski definition) is 2. The van der Waals surface area contributed by atoms with Gasteiger partial charge in [-0.1, -0.05) is 6.58 Å². The van der Waals surface area contributed by atoms with Gasteiger partial charge in [0.1, 0.15) is 6.61 Å². The summed E-state index contributed by atoms with van der Waals surface area (Å²) in [7, 11) is 0. The van der Waals surface area contributed by atoms with Gasteiger partial charge in [-0.15, -0.1) is 0 Å². The van der Waals surface area contributed by atoms with Gasteiger partial charge in [0, 0.05) is 25.1 Å². The van der Waals surface area contributed by atoms with E-state index in [1.807, 2.05) is 0 Å².